The third-order valence-electron chi connectivity index (χ3n) is 4.40. The molecule has 2 amide bonds. The van der Waals surface area contributed by atoms with E-state index in [0.717, 1.165) is 11.3 Å². The number of hydrogen-bond acceptors (Lipinski definition) is 6. The first-order valence-corrected chi connectivity index (χ1v) is 10.3. The minimum absolute atomic E-state index is 0.137. The Bertz CT molecular complexity index is 1030. The van der Waals surface area contributed by atoms with Crippen molar-refractivity contribution in [2.45, 2.75) is 25.5 Å². The van der Waals surface area contributed by atoms with Crippen LogP contribution in [0.3, 0.4) is 0 Å². The van der Waals surface area contributed by atoms with Crippen LogP contribution in [-0.4, -0.2) is 39.9 Å². The van der Waals surface area contributed by atoms with Gasteiger partial charge in [0, 0.05) is 11.3 Å². The largest absolute Gasteiger partial charge is 0.497 e. The fourth-order valence-electron chi connectivity index (χ4n) is 2.58. The lowest BCUT2D eigenvalue weighted by molar-refractivity contribution is -0.113. The van der Waals surface area contributed by atoms with Crippen LogP contribution < -0.4 is 15.4 Å². The minimum Gasteiger partial charge on any atom is -0.497 e. The number of methoxy groups -OCH3 is 1. The third-order valence-corrected chi connectivity index (χ3v) is 5.25. The predicted octanol–water partition coefficient (Wildman–Crippen LogP) is 3.09. The second-order valence-corrected chi connectivity index (χ2v) is 7.55. The lowest BCUT2D eigenvalue weighted by Crippen LogP contribution is -2.23. The van der Waals surface area contributed by atoms with E-state index in [4.69, 9.17) is 4.74 Å². The van der Waals surface area contributed by atoms with Gasteiger partial charge in [-0.3, -0.25) is 14.7 Å². The van der Waals surface area contributed by atoms with Crippen LogP contribution in [0.15, 0.2) is 47.6 Å². The summed E-state index contributed by atoms with van der Waals surface area (Å²) >= 11 is 1.22. The average molecular weight is 426 g/mol. The number of amides is 2. The SMILES string of the molecule is COc1ccc(C(=O)NCc2nc(SCC(=O)Nc3ccc(C)c(C)c3)n[nH]2)cc1. The van der Waals surface area contributed by atoms with E-state index in [1.165, 1.54) is 17.3 Å². The number of anilines is 1. The van der Waals surface area contributed by atoms with Gasteiger partial charge in [-0.2, -0.15) is 0 Å². The normalized spacial score (nSPS) is 10.5. The first-order valence-electron chi connectivity index (χ1n) is 9.28. The highest BCUT2D eigenvalue weighted by atomic mass is 32.2. The maximum absolute atomic E-state index is 12.2. The summed E-state index contributed by atoms with van der Waals surface area (Å²) in [5.74, 6) is 1.01. The summed E-state index contributed by atoms with van der Waals surface area (Å²) in [5, 5.41) is 12.9. The molecule has 156 valence electrons. The molecule has 2 aromatic carbocycles. The van der Waals surface area contributed by atoms with Gasteiger partial charge in [0.15, 0.2) is 0 Å². The molecule has 0 aliphatic rings. The van der Waals surface area contributed by atoms with Gasteiger partial charge in [0.1, 0.15) is 11.6 Å². The third kappa shape index (κ3) is 5.84. The molecule has 3 N–H and O–H groups in total. The highest BCUT2D eigenvalue weighted by molar-refractivity contribution is 7.99. The number of aromatic nitrogens is 3. The zero-order valence-electron chi connectivity index (χ0n) is 17.0. The average Bonchev–Trinajstić information content (AvgIpc) is 3.21. The zero-order chi connectivity index (χ0) is 21.5. The number of carbonyl (C=O) groups is 2. The van der Waals surface area contributed by atoms with Gasteiger partial charge in [0.05, 0.1) is 19.4 Å². The number of nitrogens with one attached hydrogen (secondary N) is 3. The van der Waals surface area contributed by atoms with Crippen LogP contribution in [0.25, 0.3) is 0 Å². The Labute approximate surface area is 178 Å². The van der Waals surface area contributed by atoms with Gasteiger partial charge in [0.25, 0.3) is 5.91 Å². The van der Waals surface area contributed by atoms with Crippen LogP contribution in [0.1, 0.15) is 27.3 Å². The van der Waals surface area contributed by atoms with Crippen molar-refractivity contribution in [3.05, 3.63) is 65.0 Å². The van der Waals surface area contributed by atoms with E-state index in [2.05, 4.69) is 25.8 Å². The number of benzene rings is 2. The summed E-state index contributed by atoms with van der Waals surface area (Å²) < 4.78 is 5.08. The fraction of sp³-hybridized carbons (Fsp3) is 0.238. The summed E-state index contributed by atoms with van der Waals surface area (Å²) in [7, 11) is 1.57. The molecular formula is C21H23N5O3S. The van der Waals surface area contributed by atoms with E-state index in [1.54, 1.807) is 31.4 Å². The van der Waals surface area contributed by atoms with Gasteiger partial charge in [0.2, 0.25) is 11.1 Å². The van der Waals surface area contributed by atoms with Crippen molar-refractivity contribution < 1.29 is 14.3 Å². The number of rotatable bonds is 8. The van der Waals surface area contributed by atoms with E-state index in [0.29, 0.717) is 22.3 Å². The van der Waals surface area contributed by atoms with Crippen LogP contribution in [-0.2, 0) is 11.3 Å². The zero-order valence-corrected chi connectivity index (χ0v) is 17.8. The summed E-state index contributed by atoms with van der Waals surface area (Å²) in [6, 6.07) is 12.6. The molecule has 3 rings (SSSR count). The molecular weight excluding hydrogens is 402 g/mol. The molecule has 1 heterocycles. The van der Waals surface area contributed by atoms with Gasteiger partial charge in [-0.25, -0.2) is 4.98 Å². The van der Waals surface area contributed by atoms with Crippen LogP contribution in [0, 0.1) is 13.8 Å². The van der Waals surface area contributed by atoms with E-state index >= 15 is 0 Å². The number of hydrogen-bond donors (Lipinski definition) is 3. The molecule has 30 heavy (non-hydrogen) atoms. The molecule has 0 aliphatic carbocycles. The van der Waals surface area contributed by atoms with Crippen molar-refractivity contribution in [1.82, 2.24) is 20.5 Å². The monoisotopic (exact) mass is 425 g/mol. The smallest absolute Gasteiger partial charge is 0.251 e. The van der Waals surface area contributed by atoms with Gasteiger partial charge in [-0.15, -0.1) is 5.10 Å². The van der Waals surface area contributed by atoms with E-state index in [1.807, 2.05) is 32.0 Å². The van der Waals surface area contributed by atoms with E-state index < -0.39 is 0 Å². The Morgan fingerprint density at radius 2 is 1.87 bits per heavy atom. The molecule has 1 aromatic heterocycles. The number of thioether (sulfide) groups is 1. The molecule has 8 nitrogen and oxygen atoms in total. The second-order valence-electron chi connectivity index (χ2n) is 6.61. The van der Waals surface area contributed by atoms with Crippen LogP contribution >= 0.6 is 11.8 Å². The molecule has 0 bridgehead atoms. The second kappa shape index (κ2) is 9.93. The topological polar surface area (TPSA) is 109 Å². The van der Waals surface area contributed by atoms with Crippen LogP contribution in [0.5, 0.6) is 5.75 Å². The van der Waals surface area contributed by atoms with Gasteiger partial charge >= 0.3 is 0 Å². The Morgan fingerprint density at radius 1 is 1.10 bits per heavy atom. The van der Waals surface area contributed by atoms with Gasteiger partial charge in [-0.1, -0.05) is 17.8 Å². The summed E-state index contributed by atoms with van der Waals surface area (Å²) in [6.45, 7) is 4.23. The summed E-state index contributed by atoms with van der Waals surface area (Å²) in [4.78, 5) is 28.6. The predicted molar refractivity (Wildman–Crippen MR) is 116 cm³/mol. The molecule has 0 fully saturated rings. The number of aryl methyl sites for hydroxylation is 2. The van der Waals surface area contributed by atoms with Crippen molar-refractivity contribution in [2.24, 2.45) is 0 Å². The van der Waals surface area contributed by atoms with Crippen molar-refractivity contribution in [3.8, 4) is 5.75 Å². The molecule has 0 atom stereocenters. The molecule has 0 radical (unpaired) electrons. The van der Waals surface area contributed by atoms with Crippen molar-refractivity contribution in [1.29, 1.82) is 0 Å². The van der Waals surface area contributed by atoms with Crippen LogP contribution in [0.2, 0.25) is 0 Å². The van der Waals surface area contributed by atoms with E-state index in [9.17, 15) is 9.59 Å². The first kappa shape index (κ1) is 21.4. The molecule has 0 aliphatic heterocycles. The van der Waals surface area contributed by atoms with Crippen LogP contribution in [0.4, 0.5) is 5.69 Å². The van der Waals surface area contributed by atoms with Crippen molar-refractivity contribution in [3.63, 3.8) is 0 Å². The summed E-state index contributed by atoms with van der Waals surface area (Å²) in [6.07, 6.45) is 0. The minimum atomic E-state index is -0.226. The van der Waals surface area contributed by atoms with E-state index in [-0.39, 0.29) is 24.1 Å². The molecule has 0 unspecified atom stereocenters. The maximum atomic E-state index is 12.2. The highest BCUT2D eigenvalue weighted by Gasteiger charge is 2.10. The number of ether oxygens (including phenoxy) is 1. The Kier molecular flexibility index (Phi) is 7.08. The van der Waals surface area contributed by atoms with Crippen molar-refractivity contribution >= 4 is 29.3 Å². The fourth-order valence-corrected chi connectivity index (χ4v) is 3.19. The first-order chi connectivity index (χ1) is 14.4. The molecule has 9 heteroatoms. The number of carbonyl (C=O) groups excluding carboxylic acids is 2. The number of H-pyrrole nitrogens is 1. The van der Waals surface area contributed by atoms with Gasteiger partial charge < -0.3 is 15.4 Å². The van der Waals surface area contributed by atoms with Gasteiger partial charge in [-0.05, 0) is 61.4 Å². The molecule has 0 saturated carbocycles. The molecule has 0 spiro atoms. The maximum Gasteiger partial charge on any atom is 0.251 e. The molecule has 3 aromatic rings. The summed E-state index contributed by atoms with van der Waals surface area (Å²) in [5.41, 5.74) is 3.58. The number of nitrogens with zero attached hydrogens (tertiary/aromatic N) is 2. The lowest BCUT2D eigenvalue weighted by Gasteiger charge is -2.06. The Morgan fingerprint density at radius 3 is 2.57 bits per heavy atom. The molecule has 0 saturated heterocycles. The standard InChI is InChI=1S/C21H23N5O3S/c1-13-4-7-16(10-14(13)2)23-19(27)12-30-21-24-18(25-26-21)11-22-20(28)15-5-8-17(29-3)9-6-15/h4-10H,11-12H2,1-3H3,(H,22,28)(H,23,27)(H,24,25,26). The highest BCUT2D eigenvalue weighted by Crippen LogP contribution is 2.16. The Hall–Kier alpha value is -3.33. The van der Waals surface area contributed by atoms with Crippen molar-refractivity contribution in [2.75, 3.05) is 18.2 Å². The Balaban J connectivity index is 1.45. The quantitative estimate of drug-likeness (QED) is 0.479. The lowest BCUT2D eigenvalue weighted by atomic mass is 10.1. The number of aromatic amines is 1.